The van der Waals surface area contributed by atoms with E-state index in [4.69, 9.17) is 15.2 Å². The van der Waals surface area contributed by atoms with E-state index in [0.29, 0.717) is 17.9 Å². The monoisotopic (exact) mass is 251 g/mol. The van der Waals surface area contributed by atoms with Crippen molar-refractivity contribution in [1.82, 2.24) is 0 Å². The van der Waals surface area contributed by atoms with Gasteiger partial charge >= 0.3 is 0 Å². The van der Waals surface area contributed by atoms with Crippen LogP contribution in [0.5, 0.6) is 0 Å². The molecule has 3 heteroatoms. The quantitative estimate of drug-likeness (QED) is 0.819. The minimum atomic E-state index is -0.203. The summed E-state index contributed by atoms with van der Waals surface area (Å²) in [6.45, 7) is 1.62. The smallest absolute Gasteiger partial charge is 0.174 e. The standard InChI is InChI=1S/C15H25NO2/c16-3-1-14-2-4-17-15(18-14)12-6-10-5-11(8-12)9-13(15)7-10/h10-14H,1-9,16H2/t10?,11?,12?,13?,14-,15?/m1/s1. The van der Waals surface area contributed by atoms with Crippen molar-refractivity contribution >= 4 is 0 Å². The average Bonchev–Trinajstić information content (AvgIpc) is 2.36. The fraction of sp³-hybridized carbons (Fsp3) is 1.00. The first-order chi connectivity index (χ1) is 8.80. The highest BCUT2D eigenvalue weighted by Crippen LogP contribution is 2.61. The lowest BCUT2D eigenvalue weighted by Gasteiger charge is -2.61. The average molecular weight is 251 g/mol. The van der Waals surface area contributed by atoms with Gasteiger partial charge in [-0.3, -0.25) is 0 Å². The molecule has 1 heterocycles. The van der Waals surface area contributed by atoms with Crippen molar-refractivity contribution in [1.29, 1.82) is 0 Å². The summed E-state index contributed by atoms with van der Waals surface area (Å²) in [6.07, 6.45) is 9.26. The molecule has 102 valence electrons. The SMILES string of the molecule is NCC[C@@H]1CCOC2(O1)C1CC3CC(C1)CC2C3. The van der Waals surface area contributed by atoms with Crippen LogP contribution in [-0.4, -0.2) is 25.0 Å². The van der Waals surface area contributed by atoms with E-state index >= 15 is 0 Å². The molecule has 0 aromatic heterocycles. The summed E-state index contributed by atoms with van der Waals surface area (Å²) < 4.78 is 12.7. The van der Waals surface area contributed by atoms with Crippen LogP contribution in [0.25, 0.3) is 0 Å². The fourth-order valence-electron chi connectivity index (χ4n) is 5.36. The second-order valence-corrected chi connectivity index (χ2v) is 6.98. The third-order valence-corrected chi connectivity index (χ3v) is 5.88. The maximum absolute atomic E-state index is 6.49. The molecule has 0 aromatic carbocycles. The molecule has 1 atom stereocenters. The Morgan fingerprint density at radius 2 is 1.67 bits per heavy atom. The lowest BCUT2D eigenvalue weighted by Crippen LogP contribution is -2.63. The largest absolute Gasteiger partial charge is 0.349 e. The van der Waals surface area contributed by atoms with E-state index in [1.54, 1.807) is 0 Å². The van der Waals surface area contributed by atoms with E-state index in [1.165, 1.54) is 32.1 Å². The predicted octanol–water partition coefficient (Wildman–Crippen LogP) is 2.29. The van der Waals surface area contributed by atoms with Crippen LogP contribution in [0.1, 0.15) is 44.9 Å². The lowest BCUT2D eigenvalue weighted by atomic mass is 9.53. The molecule has 2 N–H and O–H groups in total. The van der Waals surface area contributed by atoms with Crippen LogP contribution in [0.2, 0.25) is 0 Å². The molecule has 4 bridgehead atoms. The Balaban J connectivity index is 1.58. The number of hydrogen-bond donors (Lipinski definition) is 1. The summed E-state index contributed by atoms with van der Waals surface area (Å²) in [4.78, 5) is 0. The molecule has 1 spiro atoms. The third-order valence-electron chi connectivity index (χ3n) is 5.88. The van der Waals surface area contributed by atoms with E-state index in [2.05, 4.69) is 0 Å². The second-order valence-electron chi connectivity index (χ2n) is 6.98. The van der Waals surface area contributed by atoms with Crippen LogP contribution in [0, 0.1) is 23.7 Å². The maximum Gasteiger partial charge on any atom is 0.174 e. The molecule has 1 saturated heterocycles. The number of ether oxygens (including phenoxy) is 2. The zero-order valence-electron chi connectivity index (χ0n) is 11.1. The molecule has 4 saturated carbocycles. The van der Waals surface area contributed by atoms with Crippen LogP contribution in [-0.2, 0) is 9.47 Å². The molecule has 5 aliphatic rings. The molecule has 3 nitrogen and oxygen atoms in total. The van der Waals surface area contributed by atoms with Crippen LogP contribution < -0.4 is 5.73 Å². The van der Waals surface area contributed by atoms with Gasteiger partial charge in [-0.15, -0.1) is 0 Å². The van der Waals surface area contributed by atoms with Crippen molar-refractivity contribution < 1.29 is 9.47 Å². The number of hydrogen-bond acceptors (Lipinski definition) is 3. The third kappa shape index (κ3) is 1.60. The van der Waals surface area contributed by atoms with Gasteiger partial charge in [-0.1, -0.05) is 0 Å². The fourth-order valence-corrected chi connectivity index (χ4v) is 5.36. The van der Waals surface area contributed by atoms with Gasteiger partial charge in [0.15, 0.2) is 5.79 Å². The van der Waals surface area contributed by atoms with E-state index in [-0.39, 0.29) is 5.79 Å². The molecule has 1 aliphatic heterocycles. The minimum Gasteiger partial charge on any atom is -0.349 e. The first kappa shape index (κ1) is 11.7. The number of rotatable bonds is 2. The van der Waals surface area contributed by atoms with Gasteiger partial charge in [-0.2, -0.15) is 0 Å². The summed E-state index contributed by atoms with van der Waals surface area (Å²) >= 11 is 0. The van der Waals surface area contributed by atoms with E-state index in [9.17, 15) is 0 Å². The highest BCUT2D eigenvalue weighted by atomic mass is 16.7. The topological polar surface area (TPSA) is 44.5 Å². The highest BCUT2D eigenvalue weighted by Gasteiger charge is 2.60. The van der Waals surface area contributed by atoms with Crippen molar-refractivity contribution in [3.8, 4) is 0 Å². The van der Waals surface area contributed by atoms with Crippen molar-refractivity contribution in [2.24, 2.45) is 29.4 Å². The molecule has 0 radical (unpaired) electrons. The lowest BCUT2D eigenvalue weighted by molar-refractivity contribution is -0.376. The molecular formula is C15H25NO2. The molecule has 4 aliphatic carbocycles. The molecule has 18 heavy (non-hydrogen) atoms. The Morgan fingerprint density at radius 1 is 1.00 bits per heavy atom. The summed E-state index contributed by atoms with van der Waals surface area (Å²) in [5.74, 6) is 3.09. The number of nitrogens with two attached hydrogens (primary N) is 1. The van der Waals surface area contributed by atoms with E-state index in [0.717, 1.165) is 37.8 Å². The molecule has 0 aromatic rings. The van der Waals surface area contributed by atoms with E-state index in [1.807, 2.05) is 0 Å². The normalized spacial score (nSPS) is 54.2. The molecular weight excluding hydrogens is 226 g/mol. The van der Waals surface area contributed by atoms with Gasteiger partial charge in [-0.25, -0.2) is 0 Å². The van der Waals surface area contributed by atoms with Gasteiger partial charge in [0.2, 0.25) is 0 Å². The first-order valence-corrected chi connectivity index (χ1v) is 7.82. The molecule has 0 amide bonds. The first-order valence-electron chi connectivity index (χ1n) is 7.82. The van der Waals surface area contributed by atoms with Crippen LogP contribution >= 0.6 is 0 Å². The maximum atomic E-state index is 6.49. The summed E-state index contributed by atoms with van der Waals surface area (Å²) in [5.41, 5.74) is 5.70. The van der Waals surface area contributed by atoms with Gasteiger partial charge in [0.25, 0.3) is 0 Å². The van der Waals surface area contributed by atoms with Crippen LogP contribution in [0.15, 0.2) is 0 Å². The second kappa shape index (κ2) is 4.19. The highest BCUT2D eigenvalue weighted by molar-refractivity contribution is 5.04. The Bertz CT molecular complexity index is 300. The molecule has 5 rings (SSSR count). The van der Waals surface area contributed by atoms with Gasteiger partial charge in [-0.05, 0) is 63.3 Å². The summed E-state index contributed by atoms with van der Waals surface area (Å²) in [5, 5.41) is 0. The zero-order chi connectivity index (χ0) is 12.2. The van der Waals surface area contributed by atoms with Gasteiger partial charge in [0, 0.05) is 11.8 Å². The summed E-state index contributed by atoms with van der Waals surface area (Å²) in [7, 11) is 0. The van der Waals surface area contributed by atoms with Crippen molar-refractivity contribution in [2.45, 2.75) is 56.8 Å². The Labute approximate surface area is 109 Å². The molecule has 0 unspecified atom stereocenters. The van der Waals surface area contributed by atoms with Crippen molar-refractivity contribution in [3.63, 3.8) is 0 Å². The molecule has 5 fully saturated rings. The Morgan fingerprint density at radius 3 is 2.28 bits per heavy atom. The van der Waals surface area contributed by atoms with Gasteiger partial charge < -0.3 is 15.2 Å². The van der Waals surface area contributed by atoms with Crippen LogP contribution in [0.4, 0.5) is 0 Å². The van der Waals surface area contributed by atoms with Crippen molar-refractivity contribution in [2.75, 3.05) is 13.2 Å². The van der Waals surface area contributed by atoms with E-state index < -0.39 is 0 Å². The van der Waals surface area contributed by atoms with Gasteiger partial charge in [0.05, 0.1) is 12.7 Å². The van der Waals surface area contributed by atoms with Crippen LogP contribution in [0.3, 0.4) is 0 Å². The summed E-state index contributed by atoms with van der Waals surface area (Å²) in [6, 6.07) is 0. The Kier molecular flexibility index (Phi) is 2.72. The zero-order valence-corrected chi connectivity index (χ0v) is 11.1. The van der Waals surface area contributed by atoms with Gasteiger partial charge in [0.1, 0.15) is 0 Å². The van der Waals surface area contributed by atoms with Crippen molar-refractivity contribution in [3.05, 3.63) is 0 Å². The predicted molar refractivity (Wildman–Crippen MR) is 68.9 cm³/mol. The Hall–Kier alpha value is -0.120. The minimum absolute atomic E-state index is 0.203.